The Morgan fingerprint density at radius 3 is 2.73 bits per heavy atom. The molecule has 3 aromatic rings. The number of nitrogens with two attached hydrogens (primary N) is 1. The van der Waals surface area contributed by atoms with Gasteiger partial charge < -0.3 is 30.4 Å². The number of primary amides is 1. The summed E-state index contributed by atoms with van der Waals surface area (Å²) in [5.41, 5.74) is 7.02. The van der Waals surface area contributed by atoms with Gasteiger partial charge >= 0.3 is 0 Å². The molecule has 0 unspecified atom stereocenters. The lowest BCUT2D eigenvalue weighted by molar-refractivity contribution is -0.230. The Morgan fingerprint density at radius 1 is 1.24 bits per heavy atom. The van der Waals surface area contributed by atoms with Gasteiger partial charge in [-0.05, 0) is 43.7 Å². The van der Waals surface area contributed by atoms with Crippen LogP contribution in [-0.2, 0) is 14.3 Å². The number of rotatable bonds is 9. The maximum absolute atomic E-state index is 13.6. The Kier molecular flexibility index (Phi) is 7.10. The number of hydrogen-bond donors (Lipinski definition) is 3. The summed E-state index contributed by atoms with van der Waals surface area (Å²) in [6, 6.07) is 7.80. The zero-order chi connectivity index (χ0) is 25.8. The van der Waals surface area contributed by atoms with Crippen molar-refractivity contribution >= 4 is 18.2 Å². The first-order chi connectivity index (χ1) is 17.9. The number of carbonyl (C=O) groups is 1. The fraction of sp³-hybridized carbons (Fsp3) is 0.400. The molecule has 4 N–H and O–H groups in total. The number of nitrogens with one attached hydrogen (secondary N) is 2. The average molecular weight is 509 g/mol. The Labute approximate surface area is 213 Å². The number of halogens is 1. The second-order valence-electron chi connectivity index (χ2n) is 9.33. The maximum atomic E-state index is 13.6. The summed E-state index contributed by atoms with van der Waals surface area (Å²) in [5.74, 6) is 0.0459. The number of carbonyl (C=O) groups excluding carboxylic acids is 1. The summed E-state index contributed by atoms with van der Waals surface area (Å²) >= 11 is 0. The van der Waals surface area contributed by atoms with Crippen LogP contribution in [0.25, 0.3) is 22.6 Å². The summed E-state index contributed by atoms with van der Waals surface area (Å²) in [6.07, 6.45) is 3.64. The molecule has 2 aliphatic rings. The molecular weight excluding hydrogens is 479 g/mol. The van der Waals surface area contributed by atoms with E-state index in [9.17, 15) is 9.18 Å². The van der Waals surface area contributed by atoms with Crippen LogP contribution in [-0.4, -0.2) is 76.5 Å². The summed E-state index contributed by atoms with van der Waals surface area (Å²) in [6.45, 7) is 5.30. The zero-order valence-corrected chi connectivity index (χ0v) is 20.5. The molecule has 1 fully saturated rings. The number of anilines is 1. The summed E-state index contributed by atoms with van der Waals surface area (Å²) < 4.78 is 25.2. The van der Waals surface area contributed by atoms with E-state index in [4.69, 9.17) is 20.2 Å². The number of nitrogens with zero attached hydrogens (tertiary/aromatic N) is 5. The Morgan fingerprint density at radius 2 is 2.03 bits per heavy atom. The first-order valence-electron chi connectivity index (χ1n) is 12.1. The monoisotopic (exact) mass is 508 g/mol. The van der Waals surface area contributed by atoms with Crippen molar-refractivity contribution in [2.45, 2.75) is 19.6 Å². The van der Waals surface area contributed by atoms with E-state index >= 15 is 0 Å². The van der Waals surface area contributed by atoms with Gasteiger partial charge in [0.25, 0.3) is 0 Å². The molecule has 5 rings (SSSR count). The number of ether oxygens (including phenoxy) is 2. The van der Waals surface area contributed by atoms with Crippen molar-refractivity contribution in [2.75, 3.05) is 44.7 Å². The van der Waals surface area contributed by atoms with E-state index in [2.05, 4.69) is 30.2 Å². The van der Waals surface area contributed by atoms with Crippen LogP contribution in [0.15, 0.2) is 41.5 Å². The summed E-state index contributed by atoms with van der Waals surface area (Å²) in [4.78, 5) is 35.1. The first kappa shape index (κ1) is 24.8. The van der Waals surface area contributed by atoms with Gasteiger partial charge in [-0.15, -0.1) is 0 Å². The molecule has 0 radical (unpaired) electrons. The highest BCUT2D eigenvalue weighted by molar-refractivity contribution is 5.81. The minimum atomic E-state index is -0.916. The predicted octanol–water partition coefficient (Wildman–Crippen LogP) is 2.36. The quantitative estimate of drug-likeness (QED) is 0.374. The molecule has 1 amide bonds. The lowest BCUT2D eigenvalue weighted by atomic mass is 9.91. The molecule has 1 aromatic carbocycles. The van der Waals surface area contributed by atoms with Crippen molar-refractivity contribution in [3.63, 3.8) is 0 Å². The number of H-pyrrole nitrogens is 1. The van der Waals surface area contributed by atoms with E-state index in [-0.39, 0.29) is 19.0 Å². The van der Waals surface area contributed by atoms with Crippen LogP contribution < -0.4 is 11.1 Å². The molecule has 12 heteroatoms. The van der Waals surface area contributed by atoms with Gasteiger partial charge in [-0.25, -0.2) is 19.3 Å². The number of benzene rings is 1. The fourth-order valence-electron chi connectivity index (χ4n) is 4.07. The van der Waals surface area contributed by atoms with Gasteiger partial charge in [0.05, 0.1) is 48.6 Å². The molecular formula is C25H29FN8O3. The van der Waals surface area contributed by atoms with E-state index in [1.807, 2.05) is 6.34 Å². The van der Waals surface area contributed by atoms with Crippen LogP contribution >= 0.6 is 0 Å². The lowest BCUT2D eigenvalue weighted by Gasteiger charge is -2.34. The standard InChI is InChI=1S/C25H29FN8O3/c1-25(23(27)35)13-36-22(37-14-25)21-32-19(16-3-5-17(26)6-4-16)20(33-21)18-7-9-30-24(31-18)29-8-2-11-34-12-10-28-15-34/h3-7,9,15,22H,2,8,10-14H2,1H3,(H2,27,35)(H,32,33)(H,29,30,31). The van der Waals surface area contributed by atoms with Crippen LogP contribution in [0.1, 0.15) is 25.5 Å². The van der Waals surface area contributed by atoms with Gasteiger partial charge in [-0.3, -0.25) is 9.79 Å². The molecule has 0 saturated carbocycles. The second kappa shape index (κ2) is 10.6. The van der Waals surface area contributed by atoms with Crippen molar-refractivity contribution in [1.29, 1.82) is 0 Å². The van der Waals surface area contributed by atoms with Crippen LogP contribution in [0.5, 0.6) is 0 Å². The minimum absolute atomic E-state index is 0.0970. The molecule has 2 aromatic heterocycles. The SMILES string of the molecule is CC1(C(N)=O)COC(c2nc(-c3ccc(F)cc3)c(-c3ccnc(NCCCN4C=NCC4)n3)[nH]2)OC1. The minimum Gasteiger partial charge on any atom is -0.369 e. The Bertz CT molecular complexity index is 1270. The van der Waals surface area contributed by atoms with Gasteiger partial charge in [-0.1, -0.05) is 0 Å². The molecule has 0 spiro atoms. The van der Waals surface area contributed by atoms with Gasteiger partial charge in [0.15, 0.2) is 5.82 Å². The van der Waals surface area contributed by atoms with E-state index < -0.39 is 17.6 Å². The number of aromatic nitrogens is 4. The molecule has 37 heavy (non-hydrogen) atoms. The highest BCUT2D eigenvalue weighted by Gasteiger charge is 2.39. The van der Waals surface area contributed by atoms with Gasteiger partial charge in [0.2, 0.25) is 18.1 Å². The number of hydrogen-bond acceptors (Lipinski definition) is 9. The van der Waals surface area contributed by atoms with E-state index in [1.54, 1.807) is 31.3 Å². The number of aromatic amines is 1. The molecule has 0 aliphatic carbocycles. The van der Waals surface area contributed by atoms with Crippen LogP contribution in [0.4, 0.5) is 10.3 Å². The highest BCUT2D eigenvalue weighted by Crippen LogP contribution is 2.35. The highest BCUT2D eigenvalue weighted by atomic mass is 19.1. The van der Waals surface area contributed by atoms with Crippen molar-refractivity contribution in [1.82, 2.24) is 24.8 Å². The van der Waals surface area contributed by atoms with Crippen LogP contribution in [0.3, 0.4) is 0 Å². The Balaban J connectivity index is 1.37. The van der Waals surface area contributed by atoms with Crippen LogP contribution in [0, 0.1) is 11.2 Å². The molecule has 1 saturated heterocycles. The predicted molar refractivity (Wildman–Crippen MR) is 135 cm³/mol. The third kappa shape index (κ3) is 5.59. The fourth-order valence-corrected chi connectivity index (χ4v) is 4.07. The molecule has 0 bridgehead atoms. The average Bonchev–Trinajstić information content (AvgIpc) is 3.58. The van der Waals surface area contributed by atoms with E-state index in [1.165, 1.54) is 12.1 Å². The van der Waals surface area contributed by atoms with Crippen molar-refractivity contribution in [3.05, 3.63) is 48.2 Å². The van der Waals surface area contributed by atoms with Crippen molar-refractivity contribution in [2.24, 2.45) is 16.1 Å². The van der Waals surface area contributed by atoms with Crippen molar-refractivity contribution in [3.8, 4) is 22.6 Å². The van der Waals surface area contributed by atoms with Gasteiger partial charge in [0, 0.05) is 31.4 Å². The van der Waals surface area contributed by atoms with Gasteiger partial charge in [0.1, 0.15) is 5.82 Å². The van der Waals surface area contributed by atoms with Crippen LogP contribution in [0.2, 0.25) is 0 Å². The summed E-state index contributed by atoms with van der Waals surface area (Å²) in [7, 11) is 0. The first-order valence-corrected chi connectivity index (χ1v) is 12.1. The van der Waals surface area contributed by atoms with E-state index in [0.29, 0.717) is 41.0 Å². The molecule has 11 nitrogen and oxygen atoms in total. The largest absolute Gasteiger partial charge is 0.369 e. The normalized spacial score (nSPS) is 21.4. The third-order valence-corrected chi connectivity index (χ3v) is 6.34. The third-order valence-electron chi connectivity index (χ3n) is 6.34. The topological polar surface area (TPSA) is 144 Å². The van der Waals surface area contributed by atoms with Crippen molar-refractivity contribution < 1.29 is 18.7 Å². The molecule has 4 heterocycles. The molecule has 194 valence electrons. The molecule has 2 aliphatic heterocycles. The smallest absolute Gasteiger partial charge is 0.228 e. The molecule has 0 atom stereocenters. The summed E-state index contributed by atoms with van der Waals surface area (Å²) in [5, 5.41) is 3.26. The zero-order valence-electron chi connectivity index (χ0n) is 20.5. The number of imidazole rings is 1. The Hall–Kier alpha value is -3.90. The second-order valence-corrected chi connectivity index (χ2v) is 9.33. The van der Waals surface area contributed by atoms with E-state index in [0.717, 1.165) is 26.1 Å². The van der Waals surface area contributed by atoms with Gasteiger partial charge in [-0.2, -0.15) is 0 Å². The lowest BCUT2D eigenvalue weighted by Crippen LogP contribution is -2.46. The maximum Gasteiger partial charge on any atom is 0.228 e. The number of aliphatic imine (C=N–C) groups is 1. The number of amides is 1.